The minimum absolute atomic E-state index is 0.0649. The highest BCUT2D eigenvalue weighted by Gasteiger charge is 2.35. The normalized spacial score (nSPS) is 18.6. The van der Waals surface area contributed by atoms with Crippen molar-refractivity contribution in [1.82, 2.24) is 15.1 Å². The number of carbonyl (C=O) groups is 3. The summed E-state index contributed by atoms with van der Waals surface area (Å²) >= 11 is 1.27. The molecule has 0 spiro atoms. The van der Waals surface area contributed by atoms with E-state index in [-0.39, 0.29) is 41.9 Å². The number of anilines is 1. The number of methoxy groups -OCH3 is 1. The van der Waals surface area contributed by atoms with E-state index in [0.29, 0.717) is 11.7 Å². The van der Waals surface area contributed by atoms with Gasteiger partial charge in [-0.05, 0) is 31.0 Å². The molecule has 10 heteroatoms. The van der Waals surface area contributed by atoms with E-state index >= 15 is 0 Å². The van der Waals surface area contributed by atoms with Gasteiger partial charge in [0.2, 0.25) is 5.13 Å². The molecule has 1 aromatic heterocycles. The van der Waals surface area contributed by atoms with Gasteiger partial charge in [-0.2, -0.15) is 0 Å². The molecular formula is C18H18N4O5S. The smallest absolute Gasteiger partial charge is 0.261 e. The van der Waals surface area contributed by atoms with Crippen LogP contribution in [-0.2, 0) is 9.47 Å². The SMILES string of the molecule is COCCN1C(=O)c2ccc(C(=O)Nc3nnc([C@@H]4CCCO4)s3)cc2C1=O. The van der Waals surface area contributed by atoms with Gasteiger partial charge in [-0.25, -0.2) is 0 Å². The van der Waals surface area contributed by atoms with Crippen LogP contribution in [0.4, 0.5) is 5.13 Å². The van der Waals surface area contributed by atoms with Crippen molar-refractivity contribution in [2.75, 3.05) is 32.2 Å². The molecular weight excluding hydrogens is 384 g/mol. The molecule has 4 rings (SSSR count). The number of benzene rings is 1. The third-order valence-electron chi connectivity index (χ3n) is 4.62. The molecule has 0 aliphatic carbocycles. The van der Waals surface area contributed by atoms with Crippen LogP contribution in [0.25, 0.3) is 0 Å². The second-order valence-electron chi connectivity index (χ2n) is 6.42. The molecule has 2 aliphatic rings. The van der Waals surface area contributed by atoms with Gasteiger partial charge in [-0.1, -0.05) is 11.3 Å². The van der Waals surface area contributed by atoms with Gasteiger partial charge in [0, 0.05) is 19.3 Å². The summed E-state index contributed by atoms with van der Waals surface area (Å²) in [6.07, 6.45) is 1.81. The quantitative estimate of drug-likeness (QED) is 0.735. The Labute approximate surface area is 164 Å². The first kappa shape index (κ1) is 18.7. The number of imide groups is 1. The molecule has 3 heterocycles. The summed E-state index contributed by atoms with van der Waals surface area (Å²) < 4.78 is 10.5. The van der Waals surface area contributed by atoms with Crippen LogP contribution in [-0.4, -0.2) is 59.7 Å². The number of fused-ring (bicyclic) bond motifs is 1. The number of nitrogens with one attached hydrogen (secondary N) is 1. The zero-order chi connectivity index (χ0) is 19.7. The Bertz CT molecular complexity index is 938. The molecule has 28 heavy (non-hydrogen) atoms. The highest BCUT2D eigenvalue weighted by molar-refractivity contribution is 7.15. The van der Waals surface area contributed by atoms with E-state index in [9.17, 15) is 14.4 Å². The third-order valence-corrected chi connectivity index (χ3v) is 5.55. The lowest BCUT2D eigenvalue weighted by atomic mass is 10.1. The van der Waals surface area contributed by atoms with Gasteiger partial charge >= 0.3 is 0 Å². The molecule has 0 unspecified atom stereocenters. The molecule has 1 aromatic carbocycles. The van der Waals surface area contributed by atoms with Gasteiger partial charge in [0.1, 0.15) is 11.1 Å². The summed E-state index contributed by atoms with van der Waals surface area (Å²) in [5, 5.41) is 11.8. The van der Waals surface area contributed by atoms with Crippen molar-refractivity contribution in [3.8, 4) is 0 Å². The fourth-order valence-electron chi connectivity index (χ4n) is 3.17. The number of hydrogen-bond donors (Lipinski definition) is 1. The summed E-state index contributed by atoms with van der Waals surface area (Å²) in [6, 6.07) is 4.44. The standard InChI is InChI=1S/C18H18N4O5S/c1-26-8-6-22-16(24)11-5-4-10(9-12(11)17(22)25)14(23)19-18-21-20-15(28-18)13-3-2-7-27-13/h4-5,9,13H,2-3,6-8H2,1H3,(H,19,21,23)/t13-/m0/s1. The Morgan fingerprint density at radius 1 is 1.32 bits per heavy atom. The lowest BCUT2D eigenvalue weighted by Gasteiger charge is -2.12. The number of carbonyl (C=O) groups excluding carboxylic acids is 3. The van der Waals surface area contributed by atoms with Crippen LogP contribution in [0.2, 0.25) is 0 Å². The Hall–Kier alpha value is -2.69. The molecule has 1 saturated heterocycles. The molecule has 2 aromatic rings. The summed E-state index contributed by atoms with van der Waals surface area (Å²) in [4.78, 5) is 38.5. The van der Waals surface area contributed by atoms with Crippen molar-refractivity contribution < 1.29 is 23.9 Å². The van der Waals surface area contributed by atoms with Crippen molar-refractivity contribution in [3.63, 3.8) is 0 Å². The van der Waals surface area contributed by atoms with Crippen LogP contribution < -0.4 is 5.32 Å². The van der Waals surface area contributed by atoms with Crippen LogP contribution in [0.1, 0.15) is 55.0 Å². The molecule has 3 amide bonds. The van der Waals surface area contributed by atoms with Gasteiger partial charge in [0.25, 0.3) is 17.7 Å². The first-order chi connectivity index (χ1) is 13.6. The number of amides is 3. The Balaban J connectivity index is 1.49. The number of rotatable bonds is 6. The van der Waals surface area contributed by atoms with Crippen LogP contribution in [0.3, 0.4) is 0 Å². The van der Waals surface area contributed by atoms with E-state index in [1.807, 2.05) is 0 Å². The summed E-state index contributed by atoms with van der Waals surface area (Å²) in [5.41, 5.74) is 0.766. The van der Waals surface area contributed by atoms with E-state index in [2.05, 4.69) is 15.5 Å². The number of hydrogen-bond acceptors (Lipinski definition) is 8. The average Bonchev–Trinajstić information content (AvgIpc) is 3.42. The first-order valence-corrected chi connectivity index (χ1v) is 9.65. The molecule has 2 aliphatic heterocycles. The highest BCUT2D eigenvalue weighted by Crippen LogP contribution is 2.32. The maximum Gasteiger partial charge on any atom is 0.261 e. The molecule has 1 atom stereocenters. The maximum absolute atomic E-state index is 12.6. The van der Waals surface area contributed by atoms with E-state index < -0.39 is 11.8 Å². The van der Waals surface area contributed by atoms with Gasteiger partial charge in [-0.15, -0.1) is 10.2 Å². The summed E-state index contributed by atoms with van der Waals surface area (Å²) in [5.74, 6) is -1.23. The molecule has 1 N–H and O–H groups in total. The minimum Gasteiger partial charge on any atom is -0.383 e. The largest absolute Gasteiger partial charge is 0.383 e. The second-order valence-corrected chi connectivity index (χ2v) is 7.43. The average molecular weight is 402 g/mol. The fraction of sp³-hybridized carbons (Fsp3) is 0.389. The van der Waals surface area contributed by atoms with Crippen molar-refractivity contribution >= 4 is 34.2 Å². The van der Waals surface area contributed by atoms with E-state index in [4.69, 9.17) is 9.47 Å². The second kappa shape index (κ2) is 7.74. The number of nitrogens with zero attached hydrogens (tertiary/aromatic N) is 3. The van der Waals surface area contributed by atoms with Crippen molar-refractivity contribution in [2.24, 2.45) is 0 Å². The lowest BCUT2D eigenvalue weighted by Crippen LogP contribution is -2.32. The van der Waals surface area contributed by atoms with Gasteiger partial charge < -0.3 is 9.47 Å². The maximum atomic E-state index is 12.6. The molecule has 0 bridgehead atoms. The summed E-state index contributed by atoms with van der Waals surface area (Å²) in [7, 11) is 1.50. The predicted molar refractivity (Wildman–Crippen MR) is 99.5 cm³/mol. The van der Waals surface area contributed by atoms with E-state index in [0.717, 1.165) is 22.7 Å². The lowest BCUT2D eigenvalue weighted by molar-refractivity contribution is 0.0603. The van der Waals surface area contributed by atoms with Crippen LogP contribution in [0, 0.1) is 0 Å². The molecule has 9 nitrogen and oxygen atoms in total. The highest BCUT2D eigenvalue weighted by atomic mass is 32.1. The Morgan fingerprint density at radius 3 is 2.89 bits per heavy atom. The van der Waals surface area contributed by atoms with Crippen LogP contribution >= 0.6 is 11.3 Å². The molecule has 0 radical (unpaired) electrons. The fourth-order valence-corrected chi connectivity index (χ4v) is 4.00. The van der Waals surface area contributed by atoms with Gasteiger partial charge in [0.05, 0.1) is 24.3 Å². The number of aromatic nitrogens is 2. The molecule has 146 valence electrons. The van der Waals surface area contributed by atoms with Crippen molar-refractivity contribution in [1.29, 1.82) is 0 Å². The van der Waals surface area contributed by atoms with Crippen molar-refractivity contribution in [2.45, 2.75) is 18.9 Å². The Morgan fingerprint density at radius 2 is 2.14 bits per heavy atom. The third kappa shape index (κ3) is 3.41. The molecule has 0 saturated carbocycles. The molecule has 1 fully saturated rings. The zero-order valence-electron chi connectivity index (χ0n) is 15.1. The summed E-state index contributed by atoms with van der Waals surface area (Å²) in [6.45, 7) is 1.12. The van der Waals surface area contributed by atoms with Crippen molar-refractivity contribution in [3.05, 3.63) is 39.9 Å². The topological polar surface area (TPSA) is 111 Å². The van der Waals surface area contributed by atoms with Crippen LogP contribution in [0.15, 0.2) is 18.2 Å². The van der Waals surface area contributed by atoms with E-state index in [1.54, 1.807) is 0 Å². The van der Waals surface area contributed by atoms with Crippen LogP contribution in [0.5, 0.6) is 0 Å². The van der Waals surface area contributed by atoms with Gasteiger partial charge in [-0.3, -0.25) is 24.6 Å². The Kier molecular flexibility index (Phi) is 5.16. The van der Waals surface area contributed by atoms with Gasteiger partial charge in [0.15, 0.2) is 0 Å². The monoisotopic (exact) mass is 402 g/mol. The number of ether oxygens (including phenoxy) is 2. The minimum atomic E-state index is -0.428. The van der Waals surface area contributed by atoms with E-state index in [1.165, 1.54) is 36.6 Å². The predicted octanol–water partition coefficient (Wildman–Crippen LogP) is 1.88. The first-order valence-electron chi connectivity index (χ1n) is 8.84. The zero-order valence-corrected chi connectivity index (χ0v) is 16.0.